The highest BCUT2D eigenvalue weighted by molar-refractivity contribution is 5.70. The molecule has 0 saturated carbocycles. The minimum Gasteiger partial charge on any atom is -0.493 e. The van der Waals surface area contributed by atoms with Crippen molar-refractivity contribution < 1.29 is 4.74 Å². The van der Waals surface area contributed by atoms with E-state index < -0.39 is 0 Å². The molecule has 0 bridgehead atoms. The van der Waals surface area contributed by atoms with Gasteiger partial charge in [0.15, 0.2) is 5.75 Å². The number of methoxy groups -OCH3 is 1. The van der Waals surface area contributed by atoms with Gasteiger partial charge in [-0.1, -0.05) is 6.08 Å². The van der Waals surface area contributed by atoms with Gasteiger partial charge in [0.1, 0.15) is 5.69 Å². The molecule has 0 spiro atoms. The van der Waals surface area contributed by atoms with Crippen molar-refractivity contribution >= 4 is 5.57 Å². The van der Waals surface area contributed by atoms with Crippen molar-refractivity contribution in [2.45, 2.75) is 32.4 Å². The van der Waals surface area contributed by atoms with Crippen LogP contribution < -0.4 is 10.5 Å². The molecule has 1 atom stereocenters. The lowest BCUT2D eigenvalue weighted by molar-refractivity contribution is 0.412. The third kappa shape index (κ3) is 1.77. The molecule has 4 heteroatoms. The molecule has 0 fully saturated rings. The fraction of sp³-hybridized carbons (Fsp3) is 0.545. The second-order valence-electron chi connectivity index (χ2n) is 3.77. The molecule has 0 amide bonds. The molecule has 1 unspecified atom stereocenters. The highest BCUT2D eigenvalue weighted by Crippen LogP contribution is 2.33. The summed E-state index contributed by atoms with van der Waals surface area (Å²) in [5.41, 5.74) is 8.22. The number of nitrogens with two attached hydrogens (primary N) is 1. The second kappa shape index (κ2) is 4.06. The SMILES string of the molecule is CCn1ncc(OC)c1C1=CC(N)CC1. The van der Waals surface area contributed by atoms with Crippen LogP contribution in [0.25, 0.3) is 5.57 Å². The van der Waals surface area contributed by atoms with E-state index in [1.54, 1.807) is 13.3 Å². The van der Waals surface area contributed by atoms with E-state index in [9.17, 15) is 0 Å². The van der Waals surface area contributed by atoms with Crippen LogP contribution >= 0.6 is 0 Å². The van der Waals surface area contributed by atoms with Gasteiger partial charge in [0.05, 0.1) is 13.3 Å². The number of nitrogens with zero attached hydrogens (tertiary/aromatic N) is 2. The number of hydrogen-bond donors (Lipinski definition) is 1. The summed E-state index contributed by atoms with van der Waals surface area (Å²) in [5.74, 6) is 0.845. The quantitative estimate of drug-likeness (QED) is 0.815. The van der Waals surface area contributed by atoms with Crippen molar-refractivity contribution in [3.63, 3.8) is 0 Å². The van der Waals surface area contributed by atoms with Gasteiger partial charge >= 0.3 is 0 Å². The molecule has 1 aliphatic carbocycles. The third-order valence-corrected chi connectivity index (χ3v) is 2.79. The molecule has 0 aliphatic heterocycles. The Morgan fingerprint density at radius 2 is 2.47 bits per heavy atom. The largest absolute Gasteiger partial charge is 0.493 e. The Hall–Kier alpha value is -1.29. The van der Waals surface area contributed by atoms with Crippen molar-refractivity contribution in [3.05, 3.63) is 18.0 Å². The number of hydrogen-bond acceptors (Lipinski definition) is 3. The van der Waals surface area contributed by atoms with Gasteiger partial charge in [-0.2, -0.15) is 5.10 Å². The van der Waals surface area contributed by atoms with Crippen molar-refractivity contribution in [3.8, 4) is 5.75 Å². The first-order valence-corrected chi connectivity index (χ1v) is 5.32. The summed E-state index contributed by atoms with van der Waals surface area (Å²) in [6, 6.07) is 0.185. The predicted octanol–water partition coefficient (Wildman–Crippen LogP) is 1.42. The van der Waals surface area contributed by atoms with Crippen molar-refractivity contribution in [1.82, 2.24) is 9.78 Å². The number of allylic oxidation sites excluding steroid dienone is 1. The molecule has 1 heterocycles. The first-order chi connectivity index (χ1) is 7.26. The van der Waals surface area contributed by atoms with Crippen molar-refractivity contribution in [2.75, 3.05) is 7.11 Å². The van der Waals surface area contributed by atoms with Crippen LogP contribution in [0.15, 0.2) is 12.3 Å². The van der Waals surface area contributed by atoms with Crippen LogP contribution in [0.2, 0.25) is 0 Å². The maximum atomic E-state index is 5.87. The maximum Gasteiger partial charge on any atom is 0.164 e. The molecule has 0 aromatic carbocycles. The van der Waals surface area contributed by atoms with E-state index in [1.807, 2.05) is 4.68 Å². The smallest absolute Gasteiger partial charge is 0.164 e. The highest BCUT2D eigenvalue weighted by atomic mass is 16.5. The van der Waals surface area contributed by atoms with E-state index in [4.69, 9.17) is 10.5 Å². The van der Waals surface area contributed by atoms with E-state index in [0.29, 0.717) is 0 Å². The summed E-state index contributed by atoms with van der Waals surface area (Å²) in [5, 5.41) is 4.29. The lowest BCUT2D eigenvalue weighted by Gasteiger charge is -2.07. The Morgan fingerprint density at radius 1 is 1.67 bits per heavy atom. The van der Waals surface area contributed by atoms with E-state index in [0.717, 1.165) is 30.8 Å². The fourth-order valence-corrected chi connectivity index (χ4v) is 2.03. The van der Waals surface area contributed by atoms with Gasteiger partial charge in [-0.3, -0.25) is 4.68 Å². The topological polar surface area (TPSA) is 53.1 Å². The number of aromatic nitrogens is 2. The van der Waals surface area contributed by atoms with Gasteiger partial charge in [0.25, 0.3) is 0 Å². The van der Waals surface area contributed by atoms with Crippen LogP contribution in [0.1, 0.15) is 25.5 Å². The average molecular weight is 207 g/mol. The van der Waals surface area contributed by atoms with Gasteiger partial charge in [-0.15, -0.1) is 0 Å². The molecule has 2 N–H and O–H groups in total. The van der Waals surface area contributed by atoms with Gasteiger partial charge in [0.2, 0.25) is 0 Å². The standard InChI is InChI=1S/C11H17N3O/c1-3-14-11(10(15-2)7-13-14)8-4-5-9(12)6-8/h6-7,9H,3-5,12H2,1-2H3. The molecule has 1 aromatic rings. The molecule has 1 aromatic heterocycles. The molecule has 4 nitrogen and oxygen atoms in total. The second-order valence-corrected chi connectivity index (χ2v) is 3.77. The Kier molecular flexibility index (Phi) is 2.77. The van der Waals surface area contributed by atoms with Crippen LogP contribution in [0.4, 0.5) is 0 Å². The number of ether oxygens (including phenoxy) is 1. The Bertz CT molecular complexity index is 360. The molecule has 2 rings (SSSR count). The Balaban J connectivity index is 2.41. The molecular weight excluding hydrogens is 190 g/mol. The zero-order chi connectivity index (χ0) is 10.8. The highest BCUT2D eigenvalue weighted by Gasteiger charge is 2.20. The number of aryl methyl sites for hydroxylation is 1. The Labute approximate surface area is 89.7 Å². The van der Waals surface area contributed by atoms with Gasteiger partial charge in [-0.25, -0.2) is 0 Å². The summed E-state index contributed by atoms with van der Waals surface area (Å²) in [7, 11) is 1.68. The molecule has 0 radical (unpaired) electrons. The van der Waals surface area contributed by atoms with Crippen LogP contribution in [0.5, 0.6) is 5.75 Å². The summed E-state index contributed by atoms with van der Waals surface area (Å²) in [6.07, 6.45) is 5.92. The Morgan fingerprint density at radius 3 is 3.00 bits per heavy atom. The summed E-state index contributed by atoms with van der Waals surface area (Å²) in [6.45, 7) is 2.93. The van der Waals surface area contributed by atoms with Gasteiger partial charge < -0.3 is 10.5 Å². The van der Waals surface area contributed by atoms with Crippen LogP contribution in [-0.4, -0.2) is 22.9 Å². The zero-order valence-electron chi connectivity index (χ0n) is 9.23. The first kappa shape index (κ1) is 10.2. The molecule has 1 aliphatic rings. The maximum absolute atomic E-state index is 5.87. The lowest BCUT2D eigenvalue weighted by atomic mass is 10.1. The summed E-state index contributed by atoms with van der Waals surface area (Å²) < 4.78 is 7.27. The minimum atomic E-state index is 0.185. The summed E-state index contributed by atoms with van der Waals surface area (Å²) >= 11 is 0. The molecular formula is C11H17N3O. The predicted molar refractivity (Wildman–Crippen MR) is 59.6 cm³/mol. The molecule has 15 heavy (non-hydrogen) atoms. The zero-order valence-corrected chi connectivity index (χ0v) is 9.23. The van der Waals surface area contributed by atoms with Crippen molar-refractivity contribution in [1.29, 1.82) is 0 Å². The number of rotatable bonds is 3. The van der Waals surface area contributed by atoms with Crippen molar-refractivity contribution in [2.24, 2.45) is 5.73 Å². The molecule has 0 saturated heterocycles. The molecule has 82 valence electrons. The summed E-state index contributed by atoms with van der Waals surface area (Å²) in [4.78, 5) is 0. The van der Waals surface area contributed by atoms with Gasteiger partial charge in [0, 0.05) is 12.6 Å². The van der Waals surface area contributed by atoms with Crippen LogP contribution in [0.3, 0.4) is 0 Å². The monoisotopic (exact) mass is 207 g/mol. The normalized spacial score (nSPS) is 20.5. The first-order valence-electron chi connectivity index (χ1n) is 5.32. The van der Waals surface area contributed by atoms with E-state index in [2.05, 4.69) is 18.1 Å². The van der Waals surface area contributed by atoms with E-state index in [-0.39, 0.29) is 6.04 Å². The third-order valence-electron chi connectivity index (χ3n) is 2.79. The fourth-order valence-electron chi connectivity index (χ4n) is 2.03. The van der Waals surface area contributed by atoms with Crippen LogP contribution in [0, 0.1) is 0 Å². The van der Waals surface area contributed by atoms with E-state index >= 15 is 0 Å². The lowest BCUT2D eigenvalue weighted by Crippen LogP contribution is -2.11. The van der Waals surface area contributed by atoms with Gasteiger partial charge in [-0.05, 0) is 25.3 Å². The van der Waals surface area contributed by atoms with Crippen LogP contribution in [-0.2, 0) is 6.54 Å². The average Bonchev–Trinajstić information content (AvgIpc) is 2.82. The minimum absolute atomic E-state index is 0.185. The van der Waals surface area contributed by atoms with E-state index in [1.165, 1.54) is 5.57 Å².